The number of nitrogens with zero attached hydrogens (tertiary/aromatic N) is 1. The molecule has 1 heterocycles. The first-order valence-electron chi connectivity index (χ1n) is 9.58. The van der Waals surface area contributed by atoms with Gasteiger partial charge in [-0.1, -0.05) is 53.0 Å². The summed E-state index contributed by atoms with van der Waals surface area (Å²) in [6.45, 7) is 5.97. The van der Waals surface area contributed by atoms with Gasteiger partial charge in [0.25, 0.3) is 5.91 Å². The van der Waals surface area contributed by atoms with Crippen molar-refractivity contribution in [1.29, 1.82) is 0 Å². The molecule has 0 atom stereocenters. The zero-order valence-corrected chi connectivity index (χ0v) is 18.4. The molecule has 0 saturated carbocycles. The quantitative estimate of drug-likeness (QED) is 0.365. The first-order chi connectivity index (χ1) is 14.3. The van der Waals surface area contributed by atoms with Crippen LogP contribution < -0.4 is 5.32 Å². The average Bonchev–Trinajstić information content (AvgIpc) is 2.68. The molecule has 1 aromatic heterocycles. The number of nitrogens with one attached hydrogen (secondary N) is 1. The van der Waals surface area contributed by atoms with Crippen LogP contribution in [0, 0.1) is 20.8 Å². The minimum absolute atomic E-state index is 0.192. The lowest BCUT2D eigenvalue weighted by atomic mass is 9.94. The lowest BCUT2D eigenvalue weighted by Crippen LogP contribution is -2.15. The van der Waals surface area contributed by atoms with E-state index in [1.165, 1.54) is 0 Å². The van der Waals surface area contributed by atoms with Gasteiger partial charge >= 0.3 is 0 Å². The number of rotatable bonds is 3. The Balaban J connectivity index is 1.95. The fourth-order valence-corrected chi connectivity index (χ4v) is 4.07. The third-order valence-corrected chi connectivity index (χ3v) is 5.58. The van der Waals surface area contributed by atoms with Gasteiger partial charge in [-0.25, -0.2) is 4.98 Å². The van der Waals surface area contributed by atoms with Crippen LogP contribution in [-0.2, 0) is 0 Å². The molecular weight excluding hydrogens is 415 g/mol. The molecule has 5 heteroatoms. The van der Waals surface area contributed by atoms with Crippen LogP contribution in [0.1, 0.15) is 27.0 Å². The molecule has 3 nitrogen and oxygen atoms in total. The molecule has 0 aliphatic carbocycles. The predicted octanol–water partition coefficient (Wildman–Crippen LogP) is 7.39. The number of carbonyl (C=O) groups is 1. The van der Waals surface area contributed by atoms with Crippen LogP contribution >= 0.6 is 23.2 Å². The lowest BCUT2D eigenvalue weighted by molar-refractivity contribution is 0.102. The number of aryl methyl sites for hydroxylation is 2. The van der Waals surface area contributed by atoms with Gasteiger partial charge in [0.05, 0.1) is 16.8 Å². The Bertz CT molecular complexity index is 1280. The molecule has 0 bridgehead atoms. The van der Waals surface area contributed by atoms with E-state index in [1.807, 2.05) is 63.2 Å². The molecule has 0 radical (unpaired) electrons. The molecule has 1 N–H and O–H groups in total. The number of pyridine rings is 1. The minimum atomic E-state index is -0.192. The summed E-state index contributed by atoms with van der Waals surface area (Å²) in [5.74, 6) is -0.192. The summed E-state index contributed by atoms with van der Waals surface area (Å²) in [6.07, 6.45) is 0. The number of benzene rings is 3. The topological polar surface area (TPSA) is 42.0 Å². The van der Waals surface area contributed by atoms with E-state index in [1.54, 1.807) is 12.1 Å². The van der Waals surface area contributed by atoms with Crippen LogP contribution in [0.15, 0.2) is 60.7 Å². The first-order valence-corrected chi connectivity index (χ1v) is 10.3. The number of carbonyl (C=O) groups excluding carboxylic acids is 1. The normalized spacial score (nSPS) is 11.0. The van der Waals surface area contributed by atoms with Crippen LogP contribution in [0.25, 0.3) is 22.2 Å². The predicted molar refractivity (Wildman–Crippen MR) is 126 cm³/mol. The maximum absolute atomic E-state index is 13.4. The van der Waals surface area contributed by atoms with Gasteiger partial charge < -0.3 is 5.32 Å². The smallest absolute Gasteiger partial charge is 0.256 e. The van der Waals surface area contributed by atoms with Crippen molar-refractivity contribution in [3.63, 3.8) is 0 Å². The molecule has 0 fully saturated rings. The van der Waals surface area contributed by atoms with E-state index in [0.717, 1.165) is 38.9 Å². The molecule has 0 saturated heterocycles. The standard InChI is InChI=1S/C25H20Cl2N2O/c1-14-11-15(2)23-21(12-14)22(25(30)28-20-6-4-5-19(27)13-20)16(3)24(29-23)17-7-9-18(26)10-8-17/h4-13H,1-3H3,(H,28,30). The number of amides is 1. The van der Waals surface area contributed by atoms with Crippen molar-refractivity contribution in [1.82, 2.24) is 4.98 Å². The van der Waals surface area contributed by atoms with Crippen LogP contribution in [0.3, 0.4) is 0 Å². The number of halogens is 2. The summed E-state index contributed by atoms with van der Waals surface area (Å²) in [7, 11) is 0. The van der Waals surface area contributed by atoms with E-state index in [4.69, 9.17) is 28.2 Å². The van der Waals surface area contributed by atoms with Gasteiger partial charge in [-0.05, 0) is 68.3 Å². The first kappa shape index (κ1) is 20.4. The zero-order valence-electron chi connectivity index (χ0n) is 16.9. The van der Waals surface area contributed by atoms with Crippen molar-refractivity contribution < 1.29 is 4.79 Å². The van der Waals surface area contributed by atoms with Crippen LogP contribution in [0.2, 0.25) is 10.0 Å². The highest BCUT2D eigenvalue weighted by molar-refractivity contribution is 6.31. The van der Waals surface area contributed by atoms with Crippen molar-refractivity contribution in [2.45, 2.75) is 20.8 Å². The van der Waals surface area contributed by atoms with Crippen LogP contribution in [-0.4, -0.2) is 10.9 Å². The maximum atomic E-state index is 13.4. The molecule has 4 aromatic rings. The van der Waals surface area contributed by atoms with Crippen LogP contribution in [0.4, 0.5) is 5.69 Å². The van der Waals surface area contributed by atoms with Gasteiger partial charge in [0.15, 0.2) is 0 Å². The van der Waals surface area contributed by atoms with E-state index < -0.39 is 0 Å². The Kier molecular flexibility index (Phi) is 5.50. The van der Waals surface area contributed by atoms with Crippen molar-refractivity contribution in [3.05, 3.63) is 93.0 Å². The second kappa shape index (κ2) is 8.10. The summed E-state index contributed by atoms with van der Waals surface area (Å²) in [5.41, 5.74) is 6.67. The molecule has 150 valence electrons. The summed E-state index contributed by atoms with van der Waals surface area (Å²) < 4.78 is 0. The van der Waals surface area contributed by atoms with E-state index in [0.29, 0.717) is 21.3 Å². The Labute approximate surface area is 185 Å². The second-order valence-electron chi connectivity index (χ2n) is 7.41. The number of aromatic nitrogens is 1. The lowest BCUT2D eigenvalue weighted by Gasteiger charge is -2.17. The number of hydrogen-bond acceptors (Lipinski definition) is 2. The number of anilines is 1. The SMILES string of the molecule is Cc1cc(C)c2nc(-c3ccc(Cl)cc3)c(C)c(C(=O)Nc3cccc(Cl)c3)c2c1. The fraction of sp³-hybridized carbons (Fsp3) is 0.120. The zero-order chi connectivity index (χ0) is 21.4. The van der Waals surface area contributed by atoms with E-state index >= 15 is 0 Å². The molecule has 0 aliphatic heterocycles. The summed E-state index contributed by atoms with van der Waals surface area (Å²) in [6, 6.07) is 18.7. The van der Waals surface area contributed by atoms with Gasteiger partial charge in [-0.3, -0.25) is 4.79 Å². The van der Waals surface area contributed by atoms with Gasteiger partial charge in [0.2, 0.25) is 0 Å². The Morgan fingerprint density at radius 3 is 2.33 bits per heavy atom. The minimum Gasteiger partial charge on any atom is -0.322 e. The molecule has 1 amide bonds. The fourth-order valence-electron chi connectivity index (χ4n) is 3.76. The summed E-state index contributed by atoms with van der Waals surface area (Å²) >= 11 is 12.2. The third-order valence-electron chi connectivity index (χ3n) is 5.10. The molecule has 0 spiro atoms. The van der Waals surface area contributed by atoms with Crippen molar-refractivity contribution in [2.75, 3.05) is 5.32 Å². The van der Waals surface area contributed by atoms with E-state index in [-0.39, 0.29) is 5.91 Å². The van der Waals surface area contributed by atoms with Crippen molar-refractivity contribution in [3.8, 4) is 11.3 Å². The van der Waals surface area contributed by atoms with Crippen LogP contribution in [0.5, 0.6) is 0 Å². The summed E-state index contributed by atoms with van der Waals surface area (Å²) in [4.78, 5) is 18.4. The highest BCUT2D eigenvalue weighted by Gasteiger charge is 2.20. The van der Waals surface area contributed by atoms with Gasteiger partial charge in [0, 0.05) is 26.7 Å². The Morgan fingerprint density at radius 1 is 0.900 bits per heavy atom. The largest absolute Gasteiger partial charge is 0.322 e. The molecule has 0 unspecified atom stereocenters. The average molecular weight is 435 g/mol. The Morgan fingerprint density at radius 2 is 1.63 bits per heavy atom. The monoisotopic (exact) mass is 434 g/mol. The molecule has 30 heavy (non-hydrogen) atoms. The highest BCUT2D eigenvalue weighted by atomic mass is 35.5. The number of fused-ring (bicyclic) bond motifs is 1. The molecule has 0 aliphatic rings. The number of hydrogen-bond donors (Lipinski definition) is 1. The van der Waals surface area contributed by atoms with Gasteiger partial charge in [0.1, 0.15) is 0 Å². The summed E-state index contributed by atoms with van der Waals surface area (Å²) in [5, 5.41) is 5.04. The van der Waals surface area contributed by atoms with Crippen molar-refractivity contribution in [2.24, 2.45) is 0 Å². The van der Waals surface area contributed by atoms with E-state index in [9.17, 15) is 4.79 Å². The molecular formula is C25H20Cl2N2O. The molecule has 3 aromatic carbocycles. The van der Waals surface area contributed by atoms with Gasteiger partial charge in [-0.2, -0.15) is 0 Å². The second-order valence-corrected chi connectivity index (χ2v) is 8.28. The third kappa shape index (κ3) is 3.91. The van der Waals surface area contributed by atoms with Crippen molar-refractivity contribution >= 4 is 45.7 Å². The highest BCUT2D eigenvalue weighted by Crippen LogP contribution is 2.33. The van der Waals surface area contributed by atoms with E-state index in [2.05, 4.69) is 11.4 Å². The molecule has 4 rings (SSSR count). The maximum Gasteiger partial charge on any atom is 0.256 e. The Hall–Kier alpha value is -2.88. The van der Waals surface area contributed by atoms with Gasteiger partial charge in [-0.15, -0.1) is 0 Å².